The SMILES string of the molecule is CCCCNc1cc(Nc2ccc(C(C)(C)C)cc2)nc(C)n1. The summed E-state index contributed by atoms with van der Waals surface area (Å²) in [6.07, 6.45) is 2.31. The van der Waals surface area contributed by atoms with Gasteiger partial charge in [0, 0.05) is 18.3 Å². The number of unbranched alkanes of at least 4 members (excludes halogenated alkanes) is 1. The summed E-state index contributed by atoms with van der Waals surface area (Å²) in [6, 6.07) is 10.5. The molecule has 4 heteroatoms. The van der Waals surface area contributed by atoms with Gasteiger partial charge in [-0.1, -0.05) is 46.2 Å². The van der Waals surface area contributed by atoms with Crippen molar-refractivity contribution in [3.63, 3.8) is 0 Å². The van der Waals surface area contributed by atoms with E-state index in [1.54, 1.807) is 0 Å². The van der Waals surface area contributed by atoms with Gasteiger partial charge in [0.05, 0.1) is 0 Å². The molecule has 2 N–H and O–H groups in total. The van der Waals surface area contributed by atoms with E-state index >= 15 is 0 Å². The van der Waals surface area contributed by atoms with Crippen LogP contribution >= 0.6 is 0 Å². The van der Waals surface area contributed by atoms with E-state index in [4.69, 9.17) is 0 Å². The van der Waals surface area contributed by atoms with Crippen molar-refractivity contribution >= 4 is 17.3 Å². The maximum absolute atomic E-state index is 4.47. The molecular weight excluding hydrogens is 284 g/mol. The van der Waals surface area contributed by atoms with E-state index in [1.807, 2.05) is 13.0 Å². The monoisotopic (exact) mass is 312 g/mol. The van der Waals surface area contributed by atoms with E-state index in [2.05, 4.69) is 72.6 Å². The summed E-state index contributed by atoms with van der Waals surface area (Å²) in [5.41, 5.74) is 2.53. The summed E-state index contributed by atoms with van der Waals surface area (Å²) in [5.74, 6) is 2.46. The number of anilines is 3. The predicted molar refractivity (Wildman–Crippen MR) is 98.6 cm³/mol. The second kappa shape index (κ2) is 7.44. The highest BCUT2D eigenvalue weighted by molar-refractivity contribution is 5.59. The summed E-state index contributed by atoms with van der Waals surface area (Å²) in [4.78, 5) is 8.90. The van der Waals surface area contributed by atoms with Crippen LogP contribution in [-0.4, -0.2) is 16.5 Å². The molecule has 0 atom stereocenters. The first-order valence-corrected chi connectivity index (χ1v) is 8.35. The van der Waals surface area contributed by atoms with Crippen LogP contribution in [0.1, 0.15) is 51.9 Å². The van der Waals surface area contributed by atoms with Gasteiger partial charge in [0.2, 0.25) is 0 Å². The average molecular weight is 312 g/mol. The minimum absolute atomic E-state index is 0.167. The summed E-state index contributed by atoms with van der Waals surface area (Å²) in [6.45, 7) is 11.7. The molecule has 0 spiro atoms. The molecule has 0 bridgehead atoms. The van der Waals surface area contributed by atoms with E-state index in [9.17, 15) is 0 Å². The first-order valence-electron chi connectivity index (χ1n) is 8.35. The largest absolute Gasteiger partial charge is 0.370 e. The maximum Gasteiger partial charge on any atom is 0.136 e. The summed E-state index contributed by atoms with van der Waals surface area (Å²) >= 11 is 0. The molecular formula is C19H28N4. The van der Waals surface area contributed by atoms with Crippen LogP contribution in [0.15, 0.2) is 30.3 Å². The van der Waals surface area contributed by atoms with Gasteiger partial charge < -0.3 is 10.6 Å². The van der Waals surface area contributed by atoms with E-state index in [-0.39, 0.29) is 5.41 Å². The second-order valence-corrected chi connectivity index (χ2v) is 6.92. The van der Waals surface area contributed by atoms with Crippen LogP contribution in [0, 0.1) is 6.92 Å². The summed E-state index contributed by atoms with van der Waals surface area (Å²) < 4.78 is 0. The third kappa shape index (κ3) is 5.23. The molecule has 124 valence electrons. The number of benzene rings is 1. The lowest BCUT2D eigenvalue weighted by Gasteiger charge is -2.19. The number of nitrogens with zero attached hydrogens (tertiary/aromatic N) is 2. The van der Waals surface area contributed by atoms with Crippen LogP contribution in [0.3, 0.4) is 0 Å². The Morgan fingerprint density at radius 2 is 1.65 bits per heavy atom. The van der Waals surface area contributed by atoms with Crippen LogP contribution < -0.4 is 10.6 Å². The Bertz CT molecular complexity index is 627. The van der Waals surface area contributed by atoms with Crippen molar-refractivity contribution in [1.82, 2.24) is 9.97 Å². The predicted octanol–water partition coefficient (Wildman–Crippen LogP) is 5.04. The number of rotatable bonds is 6. The lowest BCUT2D eigenvalue weighted by Crippen LogP contribution is -2.10. The third-order valence-electron chi connectivity index (χ3n) is 3.70. The highest BCUT2D eigenvalue weighted by atomic mass is 15.1. The standard InChI is InChI=1S/C19H28N4/c1-6-7-12-20-17-13-18(22-14(2)21-17)23-16-10-8-15(9-11-16)19(3,4)5/h8-11,13H,6-7,12H2,1-5H3,(H2,20,21,22,23). The van der Waals surface area contributed by atoms with Gasteiger partial charge in [-0.25, -0.2) is 9.97 Å². The molecule has 0 saturated heterocycles. The van der Waals surface area contributed by atoms with E-state index in [1.165, 1.54) is 12.0 Å². The Morgan fingerprint density at radius 1 is 1.00 bits per heavy atom. The number of aromatic nitrogens is 2. The van der Waals surface area contributed by atoms with Crippen molar-refractivity contribution < 1.29 is 0 Å². The van der Waals surface area contributed by atoms with Gasteiger partial charge in [0.25, 0.3) is 0 Å². The van der Waals surface area contributed by atoms with Crippen molar-refractivity contribution in [2.75, 3.05) is 17.2 Å². The quantitative estimate of drug-likeness (QED) is 0.734. The van der Waals surface area contributed by atoms with Gasteiger partial charge in [-0.3, -0.25) is 0 Å². The van der Waals surface area contributed by atoms with Gasteiger partial charge in [0.1, 0.15) is 17.5 Å². The molecule has 23 heavy (non-hydrogen) atoms. The molecule has 0 amide bonds. The average Bonchev–Trinajstić information content (AvgIpc) is 2.46. The third-order valence-corrected chi connectivity index (χ3v) is 3.70. The van der Waals surface area contributed by atoms with Crippen LogP contribution in [0.4, 0.5) is 17.3 Å². The molecule has 0 aliphatic carbocycles. The molecule has 0 fully saturated rings. The van der Waals surface area contributed by atoms with Gasteiger partial charge in [-0.05, 0) is 36.5 Å². The van der Waals surface area contributed by atoms with Crippen molar-refractivity contribution in [3.05, 3.63) is 41.7 Å². The Morgan fingerprint density at radius 3 is 2.26 bits per heavy atom. The van der Waals surface area contributed by atoms with E-state index in [0.717, 1.165) is 36.1 Å². The number of hydrogen-bond acceptors (Lipinski definition) is 4. The molecule has 1 aromatic carbocycles. The van der Waals surface area contributed by atoms with Crippen molar-refractivity contribution in [2.24, 2.45) is 0 Å². The molecule has 0 radical (unpaired) electrons. The first kappa shape index (κ1) is 17.3. The molecule has 0 saturated carbocycles. The Hall–Kier alpha value is -2.10. The fourth-order valence-electron chi connectivity index (χ4n) is 2.32. The van der Waals surface area contributed by atoms with Crippen LogP contribution in [0.25, 0.3) is 0 Å². The van der Waals surface area contributed by atoms with Gasteiger partial charge in [-0.15, -0.1) is 0 Å². The number of aryl methyl sites for hydroxylation is 1. The molecule has 4 nitrogen and oxygen atoms in total. The lowest BCUT2D eigenvalue weighted by molar-refractivity contribution is 0.590. The van der Waals surface area contributed by atoms with Crippen LogP contribution in [0.2, 0.25) is 0 Å². The second-order valence-electron chi connectivity index (χ2n) is 6.92. The molecule has 2 rings (SSSR count). The zero-order valence-electron chi connectivity index (χ0n) is 14.9. The van der Waals surface area contributed by atoms with Crippen LogP contribution in [-0.2, 0) is 5.41 Å². The number of hydrogen-bond donors (Lipinski definition) is 2. The van der Waals surface area contributed by atoms with Crippen molar-refractivity contribution in [3.8, 4) is 0 Å². The number of nitrogens with one attached hydrogen (secondary N) is 2. The Labute approximate surface area is 139 Å². The van der Waals surface area contributed by atoms with Gasteiger partial charge >= 0.3 is 0 Å². The highest BCUT2D eigenvalue weighted by Gasteiger charge is 2.12. The fraction of sp³-hybridized carbons (Fsp3) is 0.474. The zero-order valence-corrected chi connectivity index (χ0v) is 14.9. The molecule has 0 aliphatic heterocycles. The fourth-order valence-corrected chi connectivity index (χ4v) is 2.32. The lowest BCUT2D eigenvalue weighted by atomic mass is 9.87. The zero-order chi connectivity index (χ0) is 16.9. The Balaban J connectivity index is 2.10. The molecule has 0 aliphatic rings. The maximum atomic E-state index is 4.47. The van der Waals surface area contributed by atoms with E-state index in [0.29, 0.717) is 0 Å². The molecule has 1 aromatic heterocycles. The van der Waals surface area contributed by atoms with Crippen LogP contribution in [0.5, 0.6) is 0 Å². The topological polar surface area (TPSA) is 49.8 Å². The van der Waals surface area contributed by atoms with Crippen molar-refractivity contribution in [1.29, 1.82) is 0 Å². The van der Waals surface area contributed by atoms with Gasteiger partial charge in [-0.2, -0.15) is 0 Å². The minimum Gasteiger partial charge on any atom is -0.370 e. The summed E-state index contributed by atoms with van der Waals surface area (Å²) in [5, 5.41) is 6.71. The smallest absolute Gasteiger partial charge is 0.136 e. The van der Waals surface area contributed by atoms with E-state index < -0.39 is 0 Å². The molecule has 2 aromatic rings. The highest BCUT2D eigenvalue weighted by Crippen LogP contribution is 2.25. The van der Waals surface area contributed by atoms with Crippen molar-refractivity contribution in [2.45, 2.75) is 52.9 Å². The first-order chi connectivity index (χ1) is 10.9. The molecule has 1 heterocycles. The summed E-state index contributed by atoms with van der Waals surface area (Å²) in [7, 11) is 0. The minimum atomic E-state index is 0.167. The normalized spacial score (nSPS) is 11.3. The molecule has 0 unspecified atom stereocenters. The Kier molecular flexibility index (Phi) is 5.59. The van der Waals surface area contributed by atoms with Gasteiger partial charge in [0.15, 0.2) is 0 Å².